The fraction of sp³-hybridized carbons (Fsp3) is 0.857. The van der Waals surface area contributed by atoms with E-state index in [1.807, 2.05) is 0 Å². The summed E-state index contributed by atoms with van der Waals surface area (Å²) < 4.78 is 0. The summed E-state index contributed by atoms with van der Waals surface area (Å²) in [6.45, 7) is 2.37. The first-order valence-corrected chi connectivity index (χ1v) is 6.96. The molecule has 2 aliphatic carbocycles. The standard InChI is InChI=1S/C14H26N2/c1-11-8-9-13(10-11)14(16-15)12-6-4-2-3-5-7-12/h6,11,13-14,16H,2-5,7-10,15H2,1H3. The Morgan fingerprint density at radius 2 is 2.19 bits per heavy atom. The van der Waals surface area contributed by atoms with E-state index in [-0.39, 0.29) is 0 Å². The van der Waals surface area contributed by atoms with Crippen molar-refractivity contribution in [2.45, 2.75) is 64.3 Å². The molecule has 3 atom stereocenters. The number of hydrazine groups is 1. The number of hydrogen-bond acceptors (Lipinski definition) is 2. The van der Waals surface area contributed by atoms with Gasteiger partial charge in [-0.2, -0.15) is 0 Å². The Kier molecular flexibility index (Phi) is 4.42. The van der Waals surface area contributed by atoms with E-state index < -0.39 is 0 Å². The summed E-state index contributed by atoms with van der Waals surface area (Å²) >= 11 is 0. The van der Waals surface area contributed by atoms with Crippen LogP contribution in [0, 0.1) is 11.8 Å². The van der Waals surface area contributed by atoms with Crippen LogP contribution in [-0.4, -0.2) is 6.04 Å². The second-order valence-electron chi connectivity index (χ2n) is 5.70. The number of nitrogens with one attached hydrogen (secondary N) is 1. The first kappa shape index (κ1) is 12.1. The molecule has 2 heteroatoms. The number of allylic oxidation sites excluding steroid dienone is 1. The predicted octanol–water partition coefficient (Wildman–Crippen LogP) is 3.15. The highest BCUT2D eigenvalue weighted by atomic mass is 15.2. The van der Waals surface area contributed by atoms with E-state index in [0.717, 1.165) is 11.8 Å². The summed E-state index contributed by atoms with van der Waals surface area (Å²) in [6, 6.07) is 0.461. The van der Waals surface area contributed by atoms with Crippen molar-refractivity contribution in [2.75, 3.05) is 0 Å². The van der Waals surface area contributed by atoms with Crippen molar-refractivity contribution >= 4 is 0 Å². The molecule has 0 aromatic heterocycles. The molecule has 0 spiro atoms. The van der Waals surface area contributed by atoms with Gasteiger partial charge in [0.1, 0.15) is 0 Å². The van der Waals surface area contributed by atoms with Gasteiger partial charge >= 0.3 is 0 Å². The third kappa shape index (κ3) is 2.86. The Morgan fingerprint density at radius 1 is 1.31 bits per heavy atom. The lowest BCUT2D eigenvalue weighted by molar-refractivity contribution is 0.386. The SMILES string of the molecule is CC1CCC(C(NN)C2=CCCCCC2)C1. The molecule has 1 saturated carbocycles. The number of rotatable bonds is 3. The van der Waals surface area contributed by atoms with Crippen LogP contribution in [0.5, 0.6) is 0 Å². The van der Waals surface area contributed by atoms with Gasteiger partial charge in [0.2, 0.25) is 0 Å². The van der Waals surface area contributed by atoms with Crippen molar-refractivity contribution in [1.29, 1.82) is 0 Å². The van der Waals surface area contributed by atoms with Crippen molar-refractivity contribution in [3.05, 3.63) is 11.6 Å². The third-order valence-corrected chi connectivity index (χ3v) is 4.36. The first-order valence-electron chi connectivity index (χ1n) is 6.96. The zero-order valence-corrected chi connectivity index (χ0v) is 10.5. The highest BCUT2D eigenvalue weighted by Crippen LogP contribution is 2.36. The summed E-state index contributed by atoms with van der Waals surface area (Å²) in [5, 5.41) is 0. The minimum absolute atomic E-state index is 0.461. The summed E-state index contributed by atoms with van der Waals surface area (Å²) in [4.78, 5) is 0. The van der Waals surface area contributed by atoms with E-state index in [0.29, 0.717) is 6.04 Å². The molecule has 2 nitrogen and oxygen atoms in total. The van der Waals surface area contributed by atoms with Crippen molar-refractivity contribution < 1.29 is 0 Å². The van der Waals surface area contributed by atoms with Gasteiger partial charge in [0, 0.05) is 6.04 Å². The molecule has 0 heterocycles. The molecule has 0 aromatic carbocycles. The topological polar surface area (TPSA) is 38.0 Å². The molecule has 0 saturated heterocycles. The summed E-state index contributed by atoms with van der Waals surface area (Å²) in [5.74, 6) is 7.47. The van der Waals surface area contributed by atoms with Gasteiger partial charge < -0.3 is 0 Å². The van der Waals surface area contributed by atoms with Gasteiger partial charge in [-0.05, 0) is 50.4 Å². The maximum absolute atomic E-state index is 5.79. The lowest BCUT2D eigenvalue weighted by Crippen LogP contribution is -2.41. The van der Waals surface area contributed by atoms with E-state index in [4.69, 9.17) is 5.84 Å². The fourth-order valence-corrected chi connectivity index (χ4v) is 3.42. The highest BCUT2D eigenvalue weighted by molar-refractivity contribution is 5.14. The molecule has 2 aliphatic rings. The second kappa shape index (κ2) is 5.83. The number of nitrogens with two attached hydrogens (primary N) is 1. The average Bonchev–Trinajstić information content (AvgIpc) is 2.55. The molecule has 0 amide bonds. The zero-order chi connectivity index (χ0) is 11.4. The predicted molar refractivity (Wildman–Crippen MR) is 68.8 cm³/mol. The van der Waals surface area contributed by atoms with Crippen LogP contribution in [0.25, 0.3) is 0 Å². The molecule has 0 bridgehead atoms. The van der Waals surface area contributed by atoms with Gasteiger partial charge in [-0.1, -0.05) is 31.4 Å². The molecule has 3 unspecified atom stereocenters. The number of hydrogen-bond donors (Lipinski definition) is 2. The van der Waals surface area contributed by atoms with Crippen molar-refractivity contribution in [3.63, 3.8) is 0 Å². The molecule has 1 fully saturated rings. The van der Waals surface area contributed by atoms with Crippen molar-refractivity contribution in [1.82, 2.24) is 5.43 Å². The van der Waals surface area contributed by atoms with Crippen LogP contribution in [0.4, 0.5) is 0 Å². The Labute approximate surface area is 99.6 Å². The van der Waals surface area contributed by atoms with Crippen LogP contribution in [0.3, 0.4) is 0 Å². The molecule has 0 aliphatic heterocycles. The Morgan fingerprint density at radius 3 is 2.88 bits per heavy atom. The van der Waals surface area contributed by atoms with Crippen LogP contribution in [0.2, 0.25) is 0 Å². The monoisotopic (exact) mass is 222 g/mol. The quantitative estimate of drug-likeness (QED) is 0.437. The summed E-state index contributed by atoms with van der Waals surface area (Å²) in [6.07, 6.45) is 13.2. The molecule has 0 radical (unpaired) electrons. The van der Waals surface area contributed by atoms with Crippen LogP contribution < -0.4 is 11.3 Å². The normalized spacial score (nSPS) is 33.2. The van der Waals surface area contributed by atoms with Crippen LogP contribution >= 0.6 is 0 Å². The first-order chi connectivity index (χ1) is 7.81. The molecule has 16 heavy (non-hydrogen) atoms. The maximum atomic E-state index is 5.79. The molecule has 3 N–H and O–H groups in total. The minimum atomic E-state index is 0.461. The van der Waals surface area contributed by atoms with Crippen molar-refractivity contribution in [3.8, 4) is 0 Å². The minimum Gasteiger partial charge on any atom is -0.271 e. The molecule has 0 aromatic rings. The van der Waals surface area contributed by atoms with E-state index >= 15 is 0 Å². The fourth-order valence-electron chi connectivity index (χ4n) is 3.42. The van der Waals surface area contributed by atoms with Crippen molar-refractivity contribution in [2.24, 2.45) is 17.7 Å². The summed E-state index contributed by atoms with van der Waals surface area (Å²) in [7, 11) is 0. The lowest BCUT2D eigenvalue weighted by atomic mass is 9.89. The van der Waals surface area contributed by atoms with Gasteiger partial charge in [-0.15, -0.1) is 0 Å². The van der Waals surface area contributed by atoms with E-state index in [2.05, 4.69) is 18.4 Å². The average molecular weight is 222 g/mol. The zero-order valence-electron chi connectivity index (χ0n) is 10.5. The third-order valence-electron chi connectivity index (χ3n) is 4.36. The van der Waals surface area contributed by atoms with E-state index in [1.165, 1.54) is 51.4 Å². The molecular formula is C14H26N2. The van der Waals surface area contributed by atoms with Crippen LogP contribution in [0.1, 0.15) is 58.3 Å². The van der Waals surface area contributed by atoms with Gasteiger partial charge in [0.15, 0.2) is 0 Å². The Hall–Kier alpha value is -0.340. The molecule has 92 valence electrons. The van der Waals surface area contributed by atoms with E-state index in [1.54, 1.807) is 5.57 Å². The van der Waals surface area contributed by atoms with Gasteiger partial charge in [0.05, 0.1) is 0 Å². The van der Waals surface area contributed by atoms with Gasteiger partial charge in [-0.3, -0.25) is 11.3 Å². The van der Waals surface area contributed by atoms with Gasteiger partial charge in [0.25, 0.3) is 0 Å². The van der Waals surface area contributed by atoms with Crippen LogP contribution in [0.15, 0.2) is 11.6 Å². The second-order valence-corrected chi connectivity index (χ2v) is 5.70. The van der Waals surface area contributed by atoms with Gasteiger partial charge in [-0.25, -0.2) is 0 Å². The maximum Gasteiger partial charge on any atom is 0.0448 e. The van der Waals surface area contributed by atoms with Crippen LogP contribution in [-0.2, 0) is 0 Å². The Bertz CT molecular complexity index is 247. The summed E-state index contributed by atoms with van der Waals surface area (Å²) in [5.41, 5.74) is 4.69. The smallest absolute Gasteiger partial charge is 0.0448 e. The lowest BCUT2D eigenvalue weighted by Gasteiger charge is -2.25. The van der Waals surface area contributed by atoms with E-state index in [9.17, 15) is 0 Å². The Balaban J connectivity index is 2.00. The molecule has 2 rings (SSSR count). The largest absolute Gasteiger partial charge is 0.271 e. The highest BCUT2D eigenvalue weighted by Gasteiger charge is 2.30. The molecular weight excluding hydrogens is 196 g/mol.